The number of rotatable bonds is 10. The number of nitrogens with zero attached hydrogens (tertiary/aromatic N) is 2. The molecule has 0 aromatic carbocycles. The van der Waals surface area contributed by atoms with E-state index in [2.05, 4.69) is 5.32 Å². The van der Waals surface area contributed by atoms with E-state index >= 15 is 0 Å². The zero-order chi connectivity index (χ0) is 25.5. The molecule has 2 amide bonds. The van der Waals surface area contributed by atoms with Gasteiger partial charge in [-0.25, -0.2) is 4.79 Å². The number of amides is 2. The van der Waals surface area contributed by atoms with Crippen LogP contribution in [0.25, 0.3) is 0 Å². The van der Waals surface area contributed by atoms with Gasteiger partial charge in [-0.05, 0) is 12.3 Å². The maximum atomic E-state index is 12.9. The highest BCUT2D eigenvalue weighted by Crippen LogP contribution is 2.53. The number of ketones is 1. The van der Waals surface area contributed by atoms with Gasteiger partial charge in [0, 0.05) is 43.1 Å². The second-order valence-electron chi connectivity index (χ2n) is 9.21. The number of aliphatic carboxylic acids is 1. The molecular weight excluding hydrogens is 492 g/mol. The molecule has 34 heavy (non-hydrogen) atoms. The molecule has 0 aliphatic carbocycles. The summed E-state index contributed by atoms with van der Waals surface area (Å²) < 4.78 is 36.2. The van der Waals surface area contributed by atoms with Gasteiger partial charge in [-0.2, -0.15) is 8.78 Å². The molecule has 0 aromatic heterocycles. The van der Waals surface area contributed by atoms with Crippen molar-refractivity contribution in [1.82, 2.24) is 15.1 Å². The molecule has 0 radical (unpaired) electrons. The van der Waals surface area contributed by atoms with Crippen LogP contribution >= 0.6 is 11.8 Å². The molecule has 2 fully saturated rings. The van der Waals surface area contributed by atoms with Crippen LogP contribution < -0.4 is 5.32 Å². The van der Waals surface area contributed by atoms with Crippen molar-refractivity contribution < 1.29 is 37.3 Å². The molecule has 0 spiro atoms. The Bertz CT molecular complexity index is 943. The molecule has 3 aliphatic rings. The fourth-order valence-electron chi connectivity index (χ4n) is 5.01. The van der Waals surface area contributed by atoms with Crippen molar-refractivity contribution in [2.24, 2.45) is 17.8 Å². The van der Waals surface area contributed by atoms with Crippen molar-refractivity contribution in [3.8, 4) is 0 Å². The van der Waals surface area contributed by atoms with E-state index in [1.165, 1.54) is 21.6 Å². The molecule has 3 rings (SSSR count). The number of hydrogen-bond acceptors (Lipinski definition) is 7. The first-order valence-corrected chi connectivity index (χ1v) is 13.2. The van der Waals surface area contributed by atoms with E-state index in [4.69, 9.17) is 0 Å². The summed E-state index contributed by atoms with van der Waals surface area (Å²) in [7, 11) is 0.771. The van der Waals surface area contributed by atoms with Crippen LogP contribution in [0.5, 0.6) is 0 Å². The fourth-order valence-corrected chi connectivity index (χ4v) is 7.05. The highest BCUT2D eigenvalue weighted by atomic mass is 32.2. The van der Waals surface area contributed by atoms with Crippen molar-refractivity contribution in [1.29, 1.82) is 0 Å². The Kier molecular flexibility index (Phi) is 8.18. The van der Waals surface area contributed by atoms with Crippen LogP contribution in [-0.4, -0.2) is 92.2 Å². The number of halogens is 2. The highest BCUT2D eigenvalue weighted by molar-refractivity contribution is 8.03. The van der Waals surface area contributed by atoms with Crippen LogP contribution in [0.15, 0.2) is 10.6 Å². The normalized spacial score (nSPS) is 30.3. The summed E-state index contributed by atoms with van der Waals surface area (Å²) in [4.78, 5) is 52.7. The van der Waals surface area contributed by atoms with Crippen LogP contribution in [0.3, 0.4) is 0 Å². The third-order valence-electron chi connectivity index (χ3n) is 6.58. The molecule has 0 saturated carbocycles. The molecule has 1 unspecified atom stereocenters. The van der Waals surface area contributed by atoms with Crippen LogP contribution in [0.4, 0.5) is 8.78 Å². The first kappa shape index (κ1) is 26.7. The lowest BCUT2D eigenvalue weighted by molar-refractivity contribution is -0.160. The molecule has 7 atom stereocenters. The number of β-lactam (4-membered cyclic amide) rings is 1. The highest BCUT2D eigenvalue weighted by Gasteiger charge is 2.60. The summed E-state index contributed by atoms with van der Waals surface area (Å²) in [5.74, 6) is -7.60. The minimum atomic E-state index is -3.10. The van der Waals surface area contributed by atoms with Gasteiger partial charge in [0.05, 0.1) is 34.6 Å². The standard InChI is InChI=1S/C21H29F2N3O6S2/c1-9(5-11(27)8-34(32)21(22)23)14-15-10(2)17(16(20(30)31)26(15)19(14)29)33-12-6-13(24-7-12)18(28)25(3)4/h9-10,12-15,21,24H,5-8H2,1-4H3,(H,30,31)/t9-,10+,12-,13-,14+,15+,34?/m0/s1. The summed E-state index contributed by atoms with van der Waals surface area (Å²) in [6, 6.07) is -0.799. The van der Waals surface area contributed by atoms with Gasteiger partial charge in [0.1, 0.15) is 11.5 Å². The number of Topliss-reactive ketones (excluding diaryl/α,β-unsaturated/α-hetero) is 1. The molecule has 13 heteroatoms. The summed E-state index contributed by atoms with van der Waals surface area (Å²) in [6.07, 6.45) is 0.344. The Hall–Kier alpha value is -1.86. The van der Waals surface area contributed by atoms with E-state index in [0.29, 0.717) is 17.9 Å². The average Bonchev–Trinajstić information content (AvgIpc) is 3.29. The first-order valence-electron chi connectivity index (χ1n) is 10.9. The van der Waals surface area contributed by atoms with Gasteiger partial charge < -0.3 is 20.2 Å². The van der Waals surface area contributed by atoms with Crippen molar-refractivity contribution in [2.45, 2.75) is 49.8 Å². The van der Waals surface area contributed by atoms with Crippen LogP contribution in [0, 0.1) is 17.8 Å². The monoisotopic (exact) mass is 521 g/mol. The van der Waals surface area contributed by atoms with Crippen molar-refractivity contribution >= 4 is 46.1 Å². The van der Waals surface area contributed by atoms with Gasteiger partial charge in [-0.15, -0.1) is 11.8 Å². The van der Waals surface area contributed by atoms with Gasteiger partial charge >= 0.3 is 11.7 Å². The SMILES string of the molecule is C[C@@H](CC(=O)CS(=O)C(F)F)[C@H]1C(=O)N2C(C(=O)O)=C(S[C@@H]3CN[C@H](C(=O)N(C)C)C3)[C@H](C)[C@H]12. The summed E-state index contributed by atoms with van der Waals surface area (Å²) in [6.45, 7) is 4.01. The van der Waals surface area contributed by atoms with E-state index in [1.54, 1.807) is 21.0 Å². The first-order chi connectivity index (χ1) is 15.8. The molecule has 3 aliphatic heterocycles. The summed E-state index contributed by atoms with van der Waals surface area (Å²) in [5.41, 5.74) is -0.0662. The third kappa shape index (κ3) is 5.06. The van der Waals surface area contributed by atoms with Crippen LogP contribution in [0.2, 0.25) is 0 Å². The van der Waals surface area contributed by atoms with Gasteiger partial charge in [0.15, 0.2) is 0 Å². The quantitative estimate of drug-likeness (QED) is 0.406. The average molecular weight is 522 g/mol. The lowest BCUT2D eigenvalue weighted by Gasteiger charge is -2.47. The van der Waals surface area contributed by atoms with E-state index in [1.807, 2.05) is 6.92 Å². The molecule has 3 heterocycles. The van der Waals surface area contributed by atoms with E-state index in [0.717, 1.165) is 0 Å². The number of nitrogens with one attached hydrogen (secondary N) is 1. The number of thioether (sulfide) groups is 1. The van der Waals surface area contributed by atoms with Gasteiger partial charge in [0.2, 0.25) is 11.8 Å². The number of carboxylic acid groups (broad SMARTS) is 1. The Balaban J connectivity index is 1.70. The molecule has 0 aromatic rings. The second kappa shape index (κ2) is 10.4. The largest absolute Gasteiger partial charge is 0.477 e. The number of fused-ring (bicyclic) bond motifs is 1. The minimum Gasteiger partial charge on any atom is -0.477 e. The number of alkyl halides is 2. The van der Waals surface area contributed by atoms with E-state index in [9.17, 15) is 37.3 Å². The Labute approximate surface area is 203 Å². The third-order valence-corrected chi connectivity index (χ3v) is 9.09. The number of carbonyl (C=O) groups is 4. The lowest BCUT2D eigenvalue weighted by atomic mass is 9.73. The molecule has 2 N–H and O–H groups in total. The number of likely N-dealkylation sites (N-methyl/N-ethyl adjacent to an activating group) is 1. The van der Waals surface area contributed by atoms with E-state index in [-0.39, 0.29) is 35.2 Å². The Morgan fingerprint density at radius 3 is 2.53 bits per heavy atom. The van der Waals surface area contributed by atoms with Crippen molar-refractivity contribution in [3.05, 3.63) is 10.6 Å². The van der Waals surface area contributed by atoms with Crippen molar-refractivity contribution in [2.75, 3.05) is 26.4 Å². The lowest BCUT2D eigenvalue weighted by Crippen LogP contribution is -2.62. The maximum Gasteiger partial charge on any atom is 0.353 e. The summed E-state index contributed by atoms with van der Waals surface area (Å²) in [5, 5.41) is 13.0. The minimum absolute atomic E-state index is 0.0451. The Morgan fingerprint density at radius 2 is 1.97 bits per heavy atom. The molecular formula is C21H29F2N3O6S2. The number of carbonyl (C=O) groups excluding carboxylic acids is 3. The smallest absolute Gasteiger partial charge is 0.353 e. The van der Waals surface area contributed by atoms with E-state index < -0.39 is 57.8 Å². The van der Waals surface area contributed by atoms with Gasteiger partial charge in [-0.3, -0.25) is 18.6 Å². The van der Waals surface area contributed by atoms with Gasteiger partial charge in [0.25, 0.3) is 0 Å². The molecule has 0 bridgehead atoms. The number of carboxylic acids is 1. The predicted molar refractivity (Wildman–Crippen MR) is 122 cm³/mol. The Morgan fingerprint density at radius 1 is 1.32 bits per heavy atom. The maximum absolute atomic E-state index is 12.9. The van der Waals surface area contributed by atoms with Crippen molar-refractivity contribution in [3.63, 3.8) is 0 Å². The predicted octanol–water partition coefficient (Wildman–Crippen LogP) is 0.878. The van der Waals surface area contributed by atoms with Crippen LogP contribution in [0.1, 0.15) is 26.7 Å². The molecule has 2 saturated heterocycles. The molecule has 9 nitrogen and oxygen atoms in total. The second-order valence-corrected chi connectivity index (χ2v) is 12.0. The van der Waals surface area contributed by atoms with Crippen LogP contribution in [-0.2, 0) is 30.0 Å². The van der Waals surface area contributed by atoms with Gasteiger partial charge in [-0.1, -0.05) is 13.8 Å². The zero-order valence-electron chi connectivity index (χ0n) is 19.3. The fraction of sp³-hybridized carbons (Fsp3) is 0.714. The topological polar surface area (TPSA) is 124 Å². The molecule has 190 valence electrons. The zero-order valence-corrected chi connectivity index (χ0v) is 21.0. The summed E-state index contributed by atoms with van der Waals surface area (Å²) >= 11 is 1.36. The number of hydrogen-bond donors (Lipinski definition) is 2.